The predicted octanol–water partition coefficient (Wildman–Crippen LogP) is 3.98. The van der Waals surface area contributed by atoms with Crippen molar-refractivity contribution in [2.24, 2.45) is 0 Å². The molecule has 0 saturated heterocycles. The lowest BCUT2D eigenvalue weighted by Gasteiger charge is -2.07. The third kappa shape index (κ3) is 3.14. The number of hydrogen-bond acceptors (Lipinski definition) is 3. The summed E-state index contributed by atoms with van der Waals surface area (Å²) in [4.78, 5) is 15.8. The van der Waals surface area contributed by atoms with Crippen molar-refractivity contribution in [1.82, 2.24) is 4.98 Å². The van der Waals surface area contributed by atoms with Crippen LogP contribution in [0.1, 0.15) is 0 Å². The summed E-state index contributed by atoms with van der Waals surface area (Å²) in [7, 11) is 0. The highest BCUT2D eigenvalue weighted by atomic mass is 19.1. The van der Waals surface area contributed by atoms with E-state index in [2.05, 4.69) is 10.3 Å². The number of halogens is 1. The van der Waals surface area contributed by atoms with Crippen LogP contribution in [0.2, 0.25) is 0 Å². The highest BCUT2D eigenvalue weighted by Crippen LogP contribution is 2.19. The van der Waals surface area contributed by atoms with E-state index in [4.69, 9.17) is 4.74 Å². The third-order valence-electron chi connectivity index (χ3n) is 2.89. The zero-order valence-corrected chi connectivity index (χ0v) is 10.9. The van der Waals surface area contributed by atoms with Gasteiger partial charge in [0.15, 0.2) is 0 Å². The molecule has 0 saturated carbocycles. The first-order valence-corrected chi connectivity index (χ1v) is 6.29. The number of nitrogens with zero attached hydrogens (tertiary/aromatic N) is 1. The van der Waals surface area contributed by atoms with Gasteiger partial charge in [-0.05, 0) is 35.7 Å². The van der Waals surface area contributed by atoms with Crippen LogP contribution in [-0.2, 0) is 0 Å². The third-order valence-corrected chi connectivity index (χ3v) is 2.89. The number of rotatable bonds is 2. The van der Waals surface area contributed by atoms with E-state index in [0.29, 0.717) is 5.69 Å². The van der Waals surface area contributed by atoms with Gasteiger partial charge in [-0.1, -0.05) is 12.1 Å². The number of amides is 1. The molecule has 3 rings (SSSR count). The number of pyridine rings is 1. The van der Waals surface area contributed by atoms with Crippen LogP contribution in [0.25, 0.3) is 10.8 Å². The van der Waals surface area contributed by atoms with Gasteiger partial charge in [0.05, 0.1) is 0 Å². The normalized spacial score (nSPS) is 10.3. The number of fused-ring (bicyclic) bond motifs is 1. The first kappa shape index (κ1) is 13.1. The maximum atomic E-state index is 13.0. The molecule has 21 heavy (non-hydrogen) atoms. The minimum atomic E-state index is -0.672. The molecule has 0 fully saturated rings. The number of carbonyl (C=O) groups is 1. The highest BCUT2D eigenvalue weighted by molar-refractivity contribution is 5.91. The summed E-state index contributed by atoms with van der Waals surface area (Å²) in [6.45, 7) is 0. The lowest BCUT2D eigenvalue weighted by Crippen LogP contribution is -2.16. The van der Waals surface area contributed by atoms with E-state index in [0.717, 1.165) is 16.8 Å². The Morgan fingerprint density at radius 3 is 2.86 bits per heavy atom. The van der Waals surface area contributed by atoms with Crippen LogP contribution in [0, 0.1) is 5.82 Å². The molecule has 0 atom stereocenters. The molecule has 1 heterocycles. The molecule has 0 bridgehead atoms. The van der Waals surface area contributed by atoms with E-state index in [1.165, 1.54) is 18.2 Å². The summed E-state index contributed by atoms with van der Waals surface area (Å²) in [5.41, 5.74) is 0.593. The quantitative estimate of drug-likeness (QED) is 0.773. The Balaban J connectivity index is 1.74. The van der Waals surface area contributed by atoms with Crippen molar-refractivity contribution in [3.63, 3.8) is 0 Å². The molecule has 0 spiro atoms. The van der Waals surface area contributed by atoms with Crippen molar-refractivity contribution in [3.8, 4) is 5.75 Å². The maximum Gasteiger partial charge on any atom is 0.417 e. The summed E-state index contributed by atoms with van der Waals surface area (Å²) in [6, 6.07) is 12.7. The molecule has 0 aliphatic carbocycles. The molecule has 0 aliphatic heterocycles. The highest BCUT2D eigenvalue weighted by Gasteiger charge is 2.06. The first-order chi connectivity index (χ1) is 10.2. The molecular formula is C16H11FN2O2. The molecule has 5 heteroatoms. The Hall–Kier alpha value is -2.95. The fourth-order valence-corrected chi connectivity index (χ4v) is 1.94. The van der Waals surface area contributed by atoms with Crippen LogP contribution in [0.3, 0.4) is 0 Å². The van der Waals surface area contributed by atoms with Crippen molar-refractivity contribution in [2.45, 2.75) is 0 Å². The van der Waals surface area contributed by atoms with Crippen molar-refractivity contribution >= 4 is 22.6 Å². The second kappa shape index (κ2) is 5.58. The monoisotopic (exact) mass is 282 g/mol. The van der Waals surface area contributed by atoms with Gasteiger partial charge in [-0.25, -0.2) is 9.18 Å². The fourth-order valence-electron chi connectivity index (χ4n) is 1.94. The molecular weight excluding hydrogens is 271 g/mol. The maximum absolute atomic E-state index is 13.0. The largest absolute Gasteiger partial charge is 0.417 e. The minimum absolute atomic E-state index is 0.150. The standard InChI is InChI=1S/C16H11FN2O2/c17-13-2-1-3-15(9-13)21-16(20)19-14-5-4-12-10-18-7-6-11(12)8-14/h1-10H,(H,19,20). The molecule has 4 nitrogen and oxygen atoms in total. The summed E-state index contributed by atoms with van der Waals surface area (Å²) in [6.07, 6.45) is 2.75. The van der Waals surface area contributed by atoms with Crippen LogP contribution in [0.4, 0.5) is 14.9 Å². The Morgan fingerprint density at radius 2 is 2.00 bits per heavy atom. The average Bonchev–Trinajstić information content (AvgIpc) is 2.47. The van der Waals surface area contributed by atoms with E-state index < -0.39 is 11.9 Å². The Kier molecular flexibility index (Phi) is 3.47. The Labute approximate surface area is 120 Å². The summed E-state index contributed by atoms with van der Waals surface area (Å²) < 4.78 is 18.0. The molecule has 0 aliphatic rings. The van der Waals surface area contributed by atoms with Gasteiger partial charge < -0.3 is 4.74 Å². The van der Waals surface area contributed by atoms with Crippen molar-refractivity contribution < 1.29 is 13.9 Å². The van der Waals surface area contributed by atoms with Crippen LogP contribution < -0.4 is 10.1 Å². The van der Waals surface area contributed by atoms with Gasteiger partial charge in [-0.15, -0.1) is 0 Å². The van der Waals surface area contributed by atoms with E-state index >= 15 is 0 Å². The number of nitrogens with one attached hydrogen (secondary N) is 1. The zero-order valence-electron chi connectivity index (χ0n) is 10.9. The smallest absolute Gasteiger partial charge is 0.410 e. The number of benzene rings is 2. The second-order valence-electron chi connectivity index (χ2n) is 4.41. The van der Waals surface area contributed by atoms with Gasteiger partial charge in [0, 0.05) is 29.5 Å². The van der Waals surface area contributed by atoms with E-state index in [9.17, 15) is 9.18 Å². The van der Waals surface area contributed by atoms with Crippen molar-refractivity contribution in [3.05, 3.63) is 66.7 Å². The summed E-state index contributed by atoms with van der Waals surface area (Å²) in [5, 5.41) is 4.52. The van der Waals surface area contributed by atoms with E-state index in [1.807, 2.05) is 18.2 Å². The second-order valence-corrected chi connectivity index (χ2v) is 4.41. The lowest BCUT2D eigenvalue weighted by molar-refractivity contribution is 0.215. The van der Waals surface area contributed by atoms with Crippen molar-refractivity contribution in [1.29, 1.82) is 0 Å². The minimum Gasteiger partial charge on any atom is -0.410 e. The number of hydrogen-bond donors (Lipinski definition) is 1. The fraction of sp³-hybridized carbons (Fsp3) is 0. The van der Waals surface area contributed by atoms with Crippen molar-refractivity contribution in [2.75, 3.05) is 5.32 Å². The van der Waals surface area contributed by atoms with Crippen LogP contribution in [-0.4, -0.2) is 11.1 Å². The average molecular weight is 282 g/mol. The lowest BCUT2D eigenvalue weighted by atomic mass is 10.1. The van der Waals surface area contributed by atoms with E-state index in [1.54, 1.807) is 18.5 Å². The zero-order chi connectivity index (χ0) is 14.7. The molecule has 0 unspecified atom stereocenters. The molecule has 1 N–H and O–H groups in total. The van der Waals surface area contributed by atoms with Crippen LogP contribution >= 0.6 is 0 Å². The van der Waals surface area contributed by atoms with Gasteiger partial charge in [-0.2, -0.15) is 0 Å². The molecule has 1 amide bonds. The molecule has 0 radical (unpaired) electrons. The van der Waals surface area contributed by atoms with Crippen LogP contribution in [0.5, 0.6) is 5.75 Å². The van der Waals surface area contributed by atoms with E-state index in [-0.39, 0.29) is 5.75 Å². The number of ether oxygens (including phenoxy) is 1. The number of anilines is 1. The van der Waals surface area contributed by atoms with Crippen LogP contribution in [0.15, 0.2) is 60.9 Å². The Morgan fingerprint density at radius 1 is 1.10 bits per heavy atom. The molecule has 2 aromatic carbocycles. The van der Waals surface area contributed by atoms with Gasteiger partial charge in [0.1, 0.15) is 11.6 Å². The first-order valence-electron chi connectivity index (χ1n) is 6.29. The SMILES string of the molecule is O=C(Nc1ccc2cnccc2c1)Oc1cccc(F)c1. The van der Waals surface area contributed by atoms with Gasteiger partial charge in [-0.3, -0.25) is 10.3 Å². The van der Waals surface area contributed by atoms with Gasteiger partial charge in [0.2, 0.25) is 0 Å². The summed E-state index contributed by atoms with van der Waals surface area (Å²) in [5.74, 6) is -0.309. The topological polar surface area (TPSA) is 51.2 Å². The van der Waals surface area contributed by atoms with Gasteiger partial charge in [0.25, 0.3) is 0 Å². The number of carbonyl (C=O) groups excluding carboxylic acids is 1. The number of aromatic nitrogens is 1. The summed E-state index contributed by atoms with van der Waals surface area (Å²) >= 11 is 0. The molecule has 104 valence electrons. The molecule has 3 aromatic rings. The Bertz CT molecular complexity index is 805. The van der Waals surface area contributed by atoms with Gasteiger partial charge >= 0.3 is 6.09 Å². The molecule has 1 aromatic heterocycles. The predicted molar refractivity (Wildman–Crippen MR) is 77.8 cm³/mol.